The van der Waals surface area contributed by atoms with Crippen molar-refractivity contribution in [2.45, 2.75) is 20.8 Å². The molecule has 5 heteroatoms. The third-order valence-corrected chi connectivity index (χ3v) is 0. The molecule has 4 radical (unpaired) electrons. The van der Waals surface area contributed by atoms with E-state index < -0.39 is 0 Å². The zero-order valence-corrected chi connectivity index (χ0v) is 10.5. The van der Waals surface area contributed by atoms with Crippen molar-refractivity contribution in [1.82, 2.24) is 0 Å². The van der Waals surface area contributed by atoms with Gasteiger partial charge in [0.15, 0.2) is 0 Å². The third-order valence-electron chi connectivity index (χ3n) is 0. The minimum Gasteiger partial charge on any atom is -0.542 e. The van der Waals surface area contributed by atoms with Gasteiger partial charge >= 0.3 is 16.8 Å². The second-order valence-electron chi connectivity index (χ2n) is 0.612. The number of rotatable bonds is 0. The van der Waals surface area contributed by atoms with Crippen molar-refractivity contribution in [2.24, 2.45) is 0 Å². The Kier molecular flexibility index (Phi) is 224. The molecular weight excluding hydrogens is 298 g/mol. The van der Waals surface area contributed by atoms with Crippen molar-refractivity contribution >= 4 is 42.8 Å². The summed E-state index contributed by atoms with van der Waals surface area (Å²) in [5.41, 5.74) is 0. The first-order valence-electron chi connectivity index (χ1n) is 2.11. The molecule has 0 bridgehead atoms. The third kappa shape index (κ3) is 7180. The average molecular weight is 307 g/mol. The van der Waals surface area contributed by atoms with E-state index in [-0.39, 0.29) is 40.7 Å². The molecule has 11 heavy (non-hydrogen) atoms. The Labute approximate surface area is 94.5 Å². The Morgan fingerprint density at radius 3 is 0.727 bits per heavy atom. The van der Waals surface area contributed by atoms with Gasteiger partial charge in [0.25, 0.3) is 0 Å². The van der Waals surface area contributed by atoms with Crippen LogP contribution in [0.15, 0.2) is 0 Å². The van der Waals surface area contributed by atoms with Gasteiger partial charge in [-0.05, 0) is 0 Å². The Bertz CT molecular complexity index is 54.6. The summed E-state index contributed by atoms with van der Waals surface area (Å²) < 4.78 is 0. The van der Waals surface area contributed by atoms with Gasteiger partial charge in [0.2, 0.25) is 0 Å². The molecule has 0 rings (SSSR count). The molecule has 0 aliphatic carbocycles. The largest absolute Gasteiger partial charge is 3.00 e. The predicted octanol–water partition coefficient (Wildman–Crippen LogP) is -0.0353. The molecule has 64 valence electrons. The summed E-state index contributed by atoms with van der Waals surface area (Å²) in [6.45, 7) is 3.96. The molecule has 0 heterocycles. The smallest absolute Gasteiger partial charge is 0.542 e. The van der Waals surface area contributed by atoms with E-state index in [2.05, 4.69) is 0 Å². The summed E-state index contributed by atoms with van der Waals surface area (Å²) in [6, 6.07) is 0. The van der Waals surface area contributed by atoms with E-state index in [1.807, 2.05) is 0 Å². The zero-order valence-electron chi connectivity index (χ0n) is 6.56. The molecule has 0 aromatic heterocycles. The summed E-state index contributed by atoms with van der Waals surface area (Å²) in [4.78, 5) is 26.0. The van der Waals surface area contributed by atoms with Crippen LogP contribution in [0.3, 0.4) is 0 Å². The fourth-order valence-electron chi connectivity index (χ4n) is 0. The summed E-state index contributed by atoms with van der Waals surface area (Å²) >= 11 is 0. The first-order valence-corrected chi connectivity index (χ1v) is 2.11. The van der Waals surface area contributed by atoms with Gasteiger partial charge in [0, 0.05) is 23.9 Å². The molecule has 0 saturated carbocycles. The topological polar surface area (TPSA) is 51.2 Å². The summed E-state index contributed by atoms with van der Waals surface area (Å²) in [6.07, 6.45) is 4.50. The van der Waals surface area contributed by atoms with E-state index >= 15 is 0 Å². The van der Waals surface area contributed by atoms with E-state index in [1.54, 1.807) is 0 Å². The normalized spacial score (nSPS) is 3.55. The van der Waals surface area contributed by atoms with Gasteiger partial charge in [-0.25, -0.2) is 0 Å². The molecule has 0 aromatic carbocycles. The summed E-state index contributed by atoms with van der Waals surface area (Å²) in [7, 11) is 0. The van der Waals surface area contributed by atoms with Gasteiger partial charge in [0.1, 0.15) is 0 Å². The van der Waals surface area contributed by atoms with Gasteiger partial charge in [-0.3, -0.25) is 18.9 Å². The van der Waals surface area contributed by atoms with Crippen LogP contribution in [0.4, 0.5) is 0 Å². The Balaban J connectivity index is -0.0000000150. The molecule has 0 unspecified atom stereocenters. The van der Waals surface area contributed by atoms with Crippen LogP contribution >= 0.6 is 0 Å². The minimum atomic E-state index is 0. The minimum absolute atomic E-state index is 0. The van der Waals surface area contributed by atoms with Crippen molar-refractivity contribution < 1.29 is 31.2 Å². The average Bonchev–Trinajstić information content (AvgIpc) is 1.70. The zero-order chi connectivity index (χ0) is 8.12. The van der Waals surface area contributed by atoms with Crippen LogP contribution in [-0.4, -0.2) is 42.8 Å². The van der Waals surface area contributed by atoms with Gasteiger partial charge < -0.3 is 14.4 Å². The molecule has 0 N–H and O–H groups in total. The van der Waals surface area contributed by atoms with E-state index in [4.69, 9.17) is 14.4 Å². The Morgan fingerprint density at radius 2 is 0.727 bits per heavy atom. The summed E-state index contributed by atoms with van der Waals surface area (Å²) in [5, 5.41) is 0. The van der Waals surface area contributed by atoms with Crippen LogP contribution in [0.25, 0.3) is 0 Å². The molecule has 0 aliphatic heterocycles. The molecule has 0 spiro atoms. The molecule has 0 aliphatic rings. The van der Waals surface area contributed by atoms with Gasteiger partial charge in [-0.1, -0.05) is 0 Å². The van der Waals surface area contributed by atoms with Crippen LogP contribution in [0.1, 0.15) is 20.8 Å². The van der Waals surface area contributed by atoms with Gasteiger partial charge in [-0.2, -0.15) is 20.8 Å². The van der Waals surface area contributed by atoms with Crippen LogP contribution in [0.5, 0.6) is 0 Å². The fraction of sp³-hybridized carbons (Fsp3) is 0.500. The molecule has 0 amide bonds. The molecule has 3 nitrogen and oxygen atoms in total. The van der Waals surface area contributed by atoms with Crippen LogP contribution in [-0.2, 0) is 31.2 Å². The van der Waals surface area contributed by atoms with E-state index in [1.165, 1.54) is 39.6 Å². The second kappa shape index (κ2) is 81.4. The predicted molar refractivity (Wildman–Crippen MR) is 39.9 cm³/mol. The summed E-state index contributed by atoms with van der Waals surface area (Å²) in [5.74, 6) is 0. The Hall–Kier alpha value is 0.315. The molecular formula is C6H9CoO3Sn. The SMILES string of the molecule is C[C-]=O.C[C-]=O.C[C-]=O.[Co+3].[Sn]. The maximum absolute atomic E-state index is 8.68. The van der Waals surface area contributed by atoms with E-state index in [0.29, 0.717) is 0 Å². The van der Waals surface area contributed by atoms with Crippen molar-refractivity contribution in [2.75, 3.05) is 0 Å². The van der Waals surface area contributed by atoms with Crippen LogP contribution < -0.4 is 0 Å². The van der Waals surface area contributed by atoms with Crippen molar-refractivity contribution in [3.05, 3.63) is 0 Å². The molecule has 0 saturated heterocycles. The van der Waals surface area contributed by atoms with Crippen molar-refractivity contribution in [3.63, 3.8) is 0 Å². The standard InChI is InChI=1S/3C2H3O.Co.Sn/c3*1-2-3;;/h3*1H3;;/q3*-1;+3;. The monoisotopic (exact) mass is 308 g/mol. The van der Waals surface area contributed by atoms with Gasteiger partial charge in [0.05, 0.1) is 0 Å². The maximum Gasteiger partial charge on any atom is 3.00 e. The maximum atomic E-state index is 8.68. The van der Waals surface area contributed by atoms with E-state index in [0.717, 1.165) is 0 Å². The fourth-order valence-corrected chi connectivity index (χ4v) is 0. The first kappa shape index (κ1) is 30.2. The van der Waals surface area contributed by atoms with Crippen LogP contribution in [0, 0.1) is 0 Å². The molecule has 0 fully saturated rings. The molecule has 0 aromatic rings. The van der Waals surface area contributed by atoms with Gasteiger partial charge in [-0.15, -0.1) is 0 Å². The Morgan fingerprint density at radius 1 is 0.727 bits per heavy atom. The van der Waals surface area contributed by atoms with Crippen LogP contribution in [0.2, 0.25) is 0 Å². The quantitative estimate of drug-likeness (QED) is 0.466. The first-order chi connectivity index (χ1) is 4.24. The van der Waals surface area contributed by atoms with Crippen molar-refractivity contribution in [1.29, 1.82) is 0 Å². The molecule has 0 atom stereocenters. The van der Waals surface area contributed by atoms with E-state index in [9.17, 15) is 0 Å². The second-order valence-corrected chi connectivity index (χ2v) is 0.612. The number of hydrogen-bond acceptors (Lipinski definition) is 3. The van der Waals surface area contributed by atoms with Crippen molar-refractivity contribution in [3.8, 4) is 0 Å². The number of carbonyl (C=O) groups excluding carboxylic acids is 3. The number of hydrogen-bond donors (Lipinski definition) is 0.